The van der Waals surface area contributed by atoms with E-state index in [0.717, 1.165) is 6.07 Å². The van der Waals surface area contributed by atoms with E-state index in [1.165, 1.54) is 6.07 Å². The highest BCUT2D eigenvalue weighted by molar-refractivity contribution is 7.88. The van der Waals surface area contributed by atoms with Crippen LogP contribution in [-0.4, -0.2) is 31.6 Å². The SMILES string of the molecule is CCOC(=O)CC1CCc2cc(O)cc(OS(=O)(=O)C(F)(F)F)c21. The highest BCUT2D eigenvalue weighted by Crippen LogP contribution is 2.45. The molecule has 0 amide bonds. The quantitative estimate of drug-likeness (QED) is 0.488. The first-order valence-corrected chi connectivity index (χ1v) is 8.48. The normalized spacial score (nSPS) is 17.4. The Hall–Kier alpha value is -1.97. The molecule has 0 fully saturated rings. The molecule has 0 heterocycles. The topological polar surface area (TPSA) is 89.9 Å². The van der Waals surface area contributed by atoms with Crippen molar-refractivity contribution in [2.24, 2.45) is 0 Å². The number of hydrogen-bond donors (Lipinski definition) is 1. The van der Waals surface area contributed by atoms with Crippen LogP contribution in [-0.2, 0) is 26.1 Å². The third kappa shape index (κ3) is 3.74. The summed E-state index contributed by atoms with van der Waals surface area (Å²) in [5.41, 5.74) is -4.98. The number of hydrogen-bond acceptors (Lipinski definition) is 6. The van der Waals surface area contributed by atoms with Gasteiger partial charge in [-0.15, -0.1) is 0 Å². The van der Waals surface area contributed by atoms with Gasteiger partial charge in [0.25, 0.3) is 0 Å². The molecule has 0 spiro atoms. The lowest BCUT2D eigenvalue weighted by molar-refractivity contribution is -0.143. The fraction of sp³-hybridized carbons (Fsp3) is 0.500. The van der Waals surface area contributed by atoms with Crippen LogP contribution in [0, 0.1) is 0 Å². The minimum absolute atomic E-state index is 0.117. The zero-order valence-corrected chi connectivity index (χ0v) is 13.4. The van der Waals surface area contributed by atoms with Crippen molar-refractivity contribution in [3.8, 4) is 11.5 Å². The number of carbonyl (C=O) groups is 1. The molecule has 2 rings (SSSR count). The zero-order valence-electron chi connectivity index (χ0n) is 12.6. The molecular formula is C14H15F3O6S. The molecule has 0 aliphatic heterocycles. The van der Waals surface area contributed by atoms with E-state index >= 15 is 0 Å². The van der Waals surface area contributed by atoms with Crippen LogP contribution in [0.1, 0.15) is 36.8 Å². The van der Waals surface area contributed by atoms with E-state index in [2.05, 4.69) is 4.18 Å². The number of phenolic OH excluding ortho intramolecular Hbond substituents is 1. The molecule has 134 valence electrons. The van der Waals surface area contributed by atoms with Gasteiger partial charge in [-0.3, -0.25) is 4.79 Å². The van der Waals surface area contributed by atoms with Gasteiger partial charge in [-0.25, -0.2) is 0 Å². The van der Waals surface area contributed by atoms with Crippen LogP contribution in [0.2, 0.25) is 0 Å². The Morgan fingerprint density at radius 3 is 2.62 bits per heavy atom. The number of phenols is 1. The maximum Gasteiger partial charge on any atom is 0.534 e. The predicted molar refractivity (Wildman–Crippen MR) is 76.0 cm³/mol. The van der Waals surface area contributed by atoms with Crippen LogP contribution in [0.25, 0.3) is 0 Å². The van der Waals surface area contributed by atoms with Gasteiger partial charge in [0.05, 0.1) is 13.0 Å². The Labute approximate surface area is 136 Å². The molecule has 1 atom stereocenters. The van der Waals surface area contributed by atoms with Crippen LogP contribution >= 0.6 is 0 Å². The molecule has 1 aromatic rings. The molecule has 0 aromatic heterocycles. The third-order valence-corrected chi connectivity index (χ3v) is 4.55. The van der Waals surface area contributed by atoms with E-state index in [-0.39, 0.29) is 18.6 Å². The lowest BCUT2D eigenvalue weighted by Gasteiger charge is -2.17. The summed E-state index contributed by atoms with van der Waals surface area (Å²) < 4.78 is 69.1. The second-order valence-corrected chi connectivity index (χ2v) is 6.78. The summed E-state index contributed by atoms with van der Waals surface area (Å²) in [4.78, 5) is 11.6. The van der Waals surface area contributed by atoms with Gasteiger partial charge >= 0.3 is 21.6 Å². The first kappa shape index (κ1) is 18.4. The summed E-state index contributed by atoms with van der Waals surface area (Å²) in [6.45, 7) is 1.77. The molecule has 6 nitrogen and oxygen atoms in total. The highest BCUT2D eigenvalue weighted by atomic mass is 32.2. The number of esters is 1. The molecule has 1 aliphatic carbocycles. The van der Waals surface area contributed by atoms with Crippen molar-refractivity contribution in [2.75, 3.05) is 6.61 Å². The van der Waals surface area contributed by atoms with Crippen LogP contribution in [0.15, 0.2) is 12.1 Å². The second-order valence-electron chi connectivity index (χ2n) is 5.24. The van der Waals surface area contributed by atoms with Crippen molar-refractivity contribution in [1.82, 2.24) is 0 Å². The van der Waals surface area contributed by atoms with E-state index < -0.39 is 39.0 Å². The van der Waals surface area contributed by atoms with Crippen molar-refractivity contribution in [1.29, 1.82) is 0 Å². The van der Waals surface area contributed by atoms with Gasteiger partial charge in [-0.1, -0.05) is 0 Å². The lowest BCUT2D eigenvalue weighted by Crippen LogP contribution is -2.28. The lowest BCUT2D eigenvalue weighted by atomic mass is 9.97. The number of aromatic hydroxyl groups is 1. The van der Waals surface area contributed by atoms with Gasteiger partial charge in [-0.05, 0) is 37.3 Å². The molecule has 0 saturated heterocycles. The highest BCUT2D eigenvalue weighted by Gasteiger charge is 2.49. The number of alkyl halides is 3. The largest absolute Gasteiger partial charge is 0.534 e. The van der Waals surface area contributed by atoms with Gasteiger partial charge in [0.2, 0.25) is 0 Å². The summed E-state index contributed by atoms with van der Waals surface area (Å²) >= 11 is 0. The van der Waals surface area contributed by atoms with Crippen LogP contribution in [0.3, 0.4) is 0 Å². The minimum atomic E-state index is -5.88. The molecule has 1 aliphatic rings. The monoisotopic (exact) mass is 368 g/mol. The standard InChI is InChI=1S/C14H15F3O6S/c1-2-22-12(19)6-9-4-3-8-5-10(18)7-11(13(8)9)23-24(20,21)14(15,16)17/h5,7,9,18H,2-4,6H2,1H3. The van der Waals surface area contributed by atoms with Crippen molar-refractivity contribution in [2.45, 2.75) is 37.6 Å². The van der Waals surface area contributed by atoms with E-state index in [1.807, 2.05) is 0 Å². The van der Waals surface area contributed by atoms with Crippen LogP contribution in [0.5, 0.6) is 11.5 Å². The summed E-state index contributed by atoms with van der Waals surface area (Å²) in [6, 6.07) is 2.11. The maximum absolute atomic E-state index is 12.5. The van der Waals surface area contributed by atoms with E-state index in [4.69, 9.17) is 4.74 Å². The number of ether oxygens (including phenoxy) is 1. The summed E-state index contributed by atoms with van der Waals surface area (Å²) in [5, 5.41) is 9.58. The second kappa shape index (κ2) is 6.50. The fourth-order valence-electron chi connectivity index (χ4n) is 2.67. The average molecular weight is 368 g/mol. The predicted octanol–water partition coefficient (Wildman–Crippen LogP) is 2.60. The van der Waals surface area contributed by atoms with Crippen LogP contribution < -0.4 is 4.18 Å². The number of aryl methyl sites for hydroxylation is 1. The Kier molecular flexibility index (Phi) is 4.97. The van der Waals surface area contributed by atoms with Gasteiger partial charge in [0.1, 0.15) is 11.5 Å². The number of rotatable bonds is 5. The Balaban J connectivity index is 2.39. The molecule has 1 unspecified atom stereocenters. The van der Waals surface area contributed by atoms with Gasteiger partial charge in [0, 0.05) is 11.6 Å². The zero-order chi connectivity index (χ0) is 18.1. The molecule has 0 bridgehead atoms. The first-order chi connectivity index (χ1) is 11.0. The molecular weight excluding hydrogens is 353 g/mol. The van der Waals surface area contributed by atoms with Crippen molar-refractivity contribution in [3.05, 3.63) is 23.3 Å². The summed E-state index contributed by atoms with van der Waals surface area (Å²) in [5.74, 6) is -2.13. The van der Waals surface area contributed by atoms with E-state index in [0.29, 0.717) is 18.4 Å². The molecule has 1 N–H and O–H groups in total. The van der Waals surface area contributed by atoms with Crippen molar-refractivity contribution >= 4 is 16.1 Å². The molecule has 0 radical (unpaired) electrons. The molecule has 24 heavy (non-hydrogen) atoms. The summed E-state index contributed by atoms with van der Waals surface area (Å²) in [6.07, 6.45) is 0.657. The van der Waals surface area contributed by atoms with E-state index in [9.17, 15) is 31.5 Å². The van der Waals surface area contributed by atoms with Gasteiger partial charge < -0.3 is 14.0 Å². The van der Waals surface area contributed by atoms with Gasteiger partial charge in [0.15, 0.2) is 0 Å². The fourth-order valence-corrected chi connectivity index (χ4v) is 3.14. The van der Waals surface area contributed by atoms with Crippen molar-refractivity contribution < 1.29 is 40.4 Å². The Bertz CT molecular complexity index is 742. The Morgan fingerprint density at radius 2 is 2.04 bits per heavy atom. The van der Waals surface area contributed by atoms with E-state index in [1.54, 1.807) is 6.92 Å². The molecule has 0 saturated carbocycles. The number of fused-ring (bicyclic) bond motifs is 1. The van der Waals surface area contributed by atoms with Gasteiger partial charge in [-0.2, -0.15) is 21.6 Å². The Morgan fingerprint density at radius 1 is 1.38 bits per heavy atom. The minimum Gasteiger partial charge on any atom is -0.508 e. The number of halogens is 3. The third-order valence-electron chi connectivity index (χ3n) is 3.58. The van der Waals surface area contributed by atoms with Crippen molar-refractivity contribution in [3.63, 3.8) is 0 Å². The molecule has 10 heteroatoms. The maximum atomic E-state index is 12.5. The first-order valence-electron chi connectivity index (χ1n) is 7.07. The average Bonchev–Trinajstić information content (AvgIpc) is 2.80. The number of carbonyl (C=O) groups excluding carboxylic acids is 1. The number of benzene rings is 1. The summed E-state index contributed by atoms with van der Waals surface area (Å²) in [7, 11) is -5.88. The smallest absolute Gasteiger partial charge is 0.508 e. The van der Waals surface area contributed by atoms with Crippen LogP contribution in [0.4, 0.5) is 13.2 Å². The molecule has 1 aromatic carbocycles.